The summed E-state index contributed by atoms with van der Waals surface area (Å²) >= 11 is 2.86. The van der Waals surface area contributed by atoms with E-state index in [-0.39, 0.29) is 5.91 Å². The number of methoxy groups -OCH3 is 2. The molecule has 1 aliphatic rings. The number of hydrogen-bond acceptors (Lipinski definition) is 9. The fraction of sp³-hybridized carbons (Fsp3) is 0.318. The molecule has 1 fully saturated rings. The summed E-state index contributed by atoms with van der Waals surface area (Å²) in [5.41, 5.74) is 2.06. The molecule has 0 atom stereocenters. The summed E-state index contributed by atoms with van der Waals surface area (Å²) in [4.78, 5) is 16.9. The maximum absolute atomic E-state index is 12.7. The van der Waals surface area contributed by atoms with Gasteiger partial charge in [0.1, 0.15) is 11.5 Å². The Kier molecular flexibility index (Phi) is 7.33. The molecular weight excluding hydrogens is 446 g/mol. The summed E-state index contributed by atoms with van der Waals surface area (Å²) in [5.74, 6) is 2.13. The zero-order valence-electron chi connectivity index (χ0n) is 18.0. The molecule has 32 heavy (non-hydrogen) atoms. The highest BCUT2D eigenvalue weighted by Crippen LogP contribution is 2.28. The molecule has 1 saturated heterocycles. The van der Waals surface area contributed by atoms with Crippen molar-refractivity contribution in [2.24, 2.45) is 0 Å². The van der Waals surface area contributed by atoms with Crippen molar-refractivity contribution in [3.8, 4) is 11.5 Å². The molecule has 10 heteroatoms. The van der Waals surface area contributed by atoms with Gasteiger partial charge in [-0.1, -0.05) is 23.1 Å². The van der Waals surface area contributed by atoms with Crippen LogP contribution in [0.3, 0.4) is 0 Å². The van der Waals surface area contributed by atoms with E-state index < -0.39 is 0 Å². The topological polar surface area (TPSA) is 79.8 Å². The standard InChI is InChI=1S/C22H25N5O3S2/c1-29-18-7-3-16(4-8-18)23-21-24-25-22(32-21)31-15-20(28)27-13-11-26(12-14-27)17-5-9-19(30-2)10-6-17/h3-10H,11-15H2,1-2H3,(H,23,24). The Hall–Kier alpha value is -2.98. The summed E-state index contributed by atoms with van der Waals surface area (Å²) in [6.07, 6.45) is 0. The van der Waals surface area contributed by atoms with Crippen LogP contribution >= 0.6 is 23.1 Å². The molecule has 0 bridgehead atoms. The van der Waals surface area contributed by atoms with E-state index >= 15 is 0 Å². The van der Waals surface area contributed by atoms with E-state index in [1.807, 2.05) is 41.3 Å². The van der Waals surface area contributed by atoms with E-state index in [1.165, 1.54) is 23.1 Å². The lowest BCUT2D eigenvalue weighted by Crippen LogP contribution is -2.49. The first-order valence-electron chi connectivity index (χ1n) is 10.2. The Bertz CT molecular complexity index is 1020. The maximum Gasteiger partial charge on any atom is 0.233 e. The van der Waals surface area contributed by atoms with Crippen molar-refractivity contribution in [1.29, 1.82) is 0 Å². The lowest BCUT2D eigenvalue weighted by Gasteiger charge is -2.36. The Morgan fingerprint density at radius 1 is 0.969 bits per heavy atom. The minimum atomic E-state index is 0.129. The van der Waals surface area contributed by atoms with Crippen molar-refractivity contribution in [1.82, 2.24) is 15.1 Å². The SMILES string of the molecule is COc1ccc(Nc2nnc(SCC(=O)N3CCN(c4ccc(OC)cc4)CC3)s2)cc1. The molecule has 168 valence electrons. The summed E-state index contributed by atoms with van der Waals surface area (Å²) < 4.78 is 11.2. The van der Waals surface area contributed by atoms with Crippen LogP contribution in [0.4, 0.5) is 16.5 Å². The van der Waals surface area contributed by atoms with Gasteiger partial charge in [-0.25, -0.2) is 0 Å². The third-order valence-electron chi connectivity index (χ3n) is 5.14. The second kappa shape index (κ2) is 10.6. The third-order valence-corrected chi connectivity index (χ3v) is 7.09. The van der Waals surface area contributed by atoms with Crippen LogP contribution in [0.5, 0.6) is 11.5 Å². The van der Waals surface area contributed by atoms with Crippen molar-refractivity contribution in [2.75, 3.05) is 56.4 Å². The summed E-state index contributed by atoms with van der Waals surface area (Å²) in [5, 5.41) is 12.3. The van der Waals surface area contributed by atoms with Crippen LogP contribution in [0.1, 0.15) is 0 Å². The minimum Gasteiger partial charge on any atom is -0.497 e. The van der Waals surface area contributed by atoms with Gasteiger partial charge in [0.05, 0.1) is 20.0 Å². The highest BCUT2D eigenvalue weighted by Gasteiger charge is 2.22. The predicted molar refractivity (Wildman–Crippen MR) is 129 cm³/mol. The Morgan fingerprint density at radius 2 is 1.59 bits per heavy atom. The maximum atomic E-state index is 12.7. The summed E-state index contributed by atoms with van der Waals surface area (Å²) in [7, 11) is 3.30. The molecule has 0 spiro atoms. The molecule has 1 aliphatic heterocycles. The molecule has 3 aromatic rings. The number of benzene rings is 2. The molecule has 1 N–H and O–H groups in total. The lowest BCUT2D eigenvalue weighted by atomic mass is 10.2. The van der Waals surface area contributed by atoms with Crippen molar-refractivity contribution >= 4 is 45.5 Å². The Labute approximate surface area is 195 Å². The van der Waals surface area contributed by atoms with Gasteiger partial charge in [-0.2, -0.15) is 0 Å². The van der Waals surface area contributed by atoms with Gasteiger partial charge in [-0.15, -0.1) is 10.2 Å². The number of amides is 1. The zero-order valence-corrected chi connectivity index (χ0v) is 19.6. The third kappa shape index (κ3) is 5.63. The Morgan fingerprint density at radius 3 is 2.22 bits per heavy atom. The van der Waals surface area contributed by atoms with Crippen molar-refractivity contribution in [3.63, 3.8) is 0 Å². The largest absolute Gasteiger partial charge is 0.497 e. The number of ether oxygens (including phenoxy) is 2. The van der Waals surface area contributed by atoms with Gasteiger partial charge >= 0.3 is 0 Å². The molecule has 2 aromatic carbocycles. The molecule has 1 amide bonds. The van der Waals surface area contributed by atoms with E-state index in [4.69, 9.17) is 9.47 Å². The number of carbonyl (C=O) groups is 1. The number of aromatic nitrogens is 2. The number of nitrogens with zero attached hydrogens (tertiary/aromatic N) is 4. The first kappa shape index (κ1) is 22.2. The second-order valence-electron chi connectivity index (χ2n) is 7.08. The number of rotatable bonds is 8. The molecule has 0 saturated carbocycles. The highest BCUT2D eigenvalue weighted by atomic mass is 32.2. The first-order valence-corrected chi connectivity index (χ1v) is 12.0. The monoisotopic (exact) mass is 471 g/mol. The number of anilines is 3. The molecule has 0 unspecified atom stereocenters. The summed E-state index contributed by atoms with van der Waals surface area (Å²) in [6, 6.07) is 15.6. The zero-order chi connectivity index (χ0) is 22.3. The minimum absolute atomic E-state index is 0.129. The molecule has 0 aliphatic carbocycles. The number of nitrogens with one attached hydrogen (secondary N) is 1. The van der Waals surface area contributed by atoms with Crippen molar-refractivity contribution in [3.05, 3.63) is 48.5 Å². The van der Waals surface area contributed by atoms with Crippen molar-refractivity contribution in [2.45, 2.75) is 4.34 Å². The number of piperazine rings is 1. The van der Waals surface area contributed by atoms with Crippen LogP contribution in [-0.2, 0) is 4.79 Å². The van der Waals surface area contributed by atoms with Gasteiger partial charge in [0.25, 0.3) is 0 Å². The number of hydrogen-bond donors (Lipinski definition) is 1. The average Bonchev–Trinajstić information content (AvgIpc) is 3.30. The van der Waals surface area contributed by atoms with Gasteiger partial charge in [0, 0.05) is 37.6 Å². The van der Waals surface area contributed by atoms with Crippen LogP contribution in [0.2, 0.25) is 0 Å². The van der Waals surface area contributed by atoms with Gasteiger partial charge in [0.15, 0.2) is 4.34 Å². The first-order chi connectivity index (χ1) is 15.6. The van der Waals surface area contributed by atoms with Gasteiger partial charge in [-0.3, -0.25) is 4.79 Å². The predicted octanol–water partition coefficient (Wildman–Crippen LogP) is 3.74. The normalized spacial score (nSPS) is 13.7. The molecule has 4 rings (SSSR count). The van der Waals surface area contributed by atoms with E-state index in [0.29, 0.717) is 24.0 Å². The molecular formula is C22H25N5O3S2. The number of carbonyl (C=O) groups excluding carboxylic acids is 1. The fourth-order valence-electron chi connectivity index (χ4n) is 3.34. The average molecular weight is 472 g/mol. The quantitative estimate of drug-likeness (QED) is 0.498. The van der Waals surface area contributed by atoms with Crippen LogP contribution in [0.15, 0.2) is 52.9 Å². The molecule has 1 aromatic heterocycles. The van der Waals surface area contributed by atoms with E-state index in [1.54, 1.807) is 14.2 Å². The fourth-order valence-corrected chi connectivity index (χ4v) is 5.01. The van der Waals surface area contributed by atoms with E-state index in [2.05, 4.69) is 32.5 Å². The lowest BCUT2D eigenvalue weighted by molar-refractivity contribution is -0.128. The number of thioether (sulfide) groups is 1. The second-order valence-corrected chi connectivity index (χ2v) is 9.28. The molecule has 8 nitrogen and oxygen atoms in total. The Balaban J connectivity index is 1.23. The van der Waals surface area contributed by atoms with Crippen LogP contribution in [-0.4, -0.2) is 67.2 Å². The molecule has 2 heterocycles. The molecule has 0 radical (unpaired) electrons. The highest BCUT2D eigenvalue weighted by molar-refractivity contribution is 8.01. The van der Waals surface area contributed by atoms with Crippen LogP contribution < -0.4 is 19.7 Å². The van der Waals surface area contributed by atoms with E-state index in [0.717, 1.165) is 40.3 Å². The van der Waals surface area contributed by atoms with E-state index in [9.17, 15) is 4.79 Å². The van der Waals surface area contributed by atoms with Gasteiger partial charge < -0.3 is 24.6 Å². The smallest absolute Gasteiger partial charge is 0.233 e. The van der Waals surface area contributed by atoms with Gasteiger partial charge in [-0.05, 0) is 48.5 Å². The van der Waals surface area contributed by atoms with Gasteiger partial charge in [0.2, 0.25) is 11.0 Å². The summed E-state index contributed by atoms with van der Waals surface area (Å²) in [6.45, 7) is 3.06. The van der Waals surface area contributed by atoms with Crippen molar-refractivity contribution < 1.29 is 14.3 Å². The van der Waals surface area contributed by atoms with Crippen LogP contribution in [0, 0.1) is 0 Å². The van der Waals surface area contributed by atoms with Crippen LogP contribution in [0.25, 0.3) is 0 Å².